The van der Waals surface area contributed by atoms with Crippen molar-refractivity contribution in [2.75, 3.05) is 6.16 Å². The Kier molecular flexibility index (Phi) is 15.0. The van der Waals surface area contributed by atoms with Gasteiger partial charge in [-0.05, 0) is 44.9 Å². The average molecular weight is 360 g/mol. The number of allylic oxidation sites excluding steroid dienone is 4. The molecular formula is C18H33O5P. The molecule has 0 aliphatic carbocycles. The van der Waals surface area contributed by atoms with Gasteiger partial charge in [0.25, 0.3) is 0 Å². The van der Waals surface area contributed by atoms with E-state index in [-0.39, 0.29) is 12.6 Å². The lowest BCUT2D eigenvalue weighted by Crippen LogP contribution is -1.93. The first-order valence-electron chi connectivity index (χ1n) is 8.98. The summed E-state index contributed by atoms with van der Waals surface area (Å²) in [4.78, 5) is 27.8. The SMILES string of the molecule is O=C(O)CCCCCCC/C=C\C/C=C\CCCCCP(=O)(O)O. The van der Waals surface area contributed by atoms with Gasteiger partial charge in [0.1, 0.15) is 0 Å². The Labute approximate surface area is 146 Å². The van der Waals surface area contributed by atoms with Crippen molar-refractivity contribution >= 4 is 13.6 Å². The lowest BCUT2D eigenvalue weighted by Gasteiger charge is -2.01. The molecule has 0 atom stereocenters. The Morgan fingerprint density at radius 1 is 0.750 bits per heavy atom. The van der Waals surface area contributed by atoms with E-state index in [1.807, 2.05) is 0 Å². The fourth-order valence-electron chi connectivity index (χ4n) is 2.33. The van der Waals surface area contributed by atoms with Crippen molar-refractivity contribution in [1.29, 1.82) is 0 Å². The van der Waals surface area contributed by atoms with E-state index < -0.39 is 13.6 Å². The van der Waals surface area contributed by atoms with Crippen molar-refractivity contribution in [3.8, 4) is 0 Å². The summed E-state index contributed by atoms with van der Waals surface area (Å²) in [6.45, 7) is 0. The second-order valence-electron chi connectivity index (χ2n) is 6.12. The molecule has 0 saturated heterocycles. The number of rotatable bonds is 16. The van der Waals surface area contributed by atoms with Crippen LogP contribution in [0.4, 0.5) is 0 Å². The van der Waals surface area contributed by atoms with Gasteiger partial charge in [-0.15, -0.1) is 0 Å². The fraction of sp³-hybridized carbons (Fsp3) is 0.722. The maximum Gasteiger partial charge on any atom is 0.325 e. The quantitative estimate of drug-likeness (QED) is 0.204. The van der Waals surface area contributed by atoms with Crippen molar-refractivity contribution in [1.82, 2.24) is 0 Å². The Balaban J connectivity index is 3.28. The van der Waals surface area contributed by atoms with E-state index in [0.717, 1.165) is 64.2 Å². The number of carboxylic acid groups (broad SMARTS) is 1. The van der Waals surface area contributed by atoms with Gasteiger partial charge in [-0.3, -0.25) is 9.36 Å². The smallest absolute Gasteiger partial charge is 0.325 e. The second kappa shape index (κ2) is 15.6. The minimum Gasteiger partial charge on any atom is -0.481 e. The van der Waals surface area contributed by atoms with Crippen LogP contribution in [0, 0.1) is 0 Å². The molecule has 0 fully saturated rings. The summed E-state index contributed by atoms with van der Waals surface area (Å²) in [7, 11) is -3.81. The third-order valence-electron chi connectivity index (χ3n) is 3.69. The summed E-state index contributed by atoms with van der Waals surface area (Å²) in [5.41, 5.74) is 0. The first-order valence-corrected chi connectivity index (χ1v) is 10.8. The Morgan fingerprint density at radius 2 is 1.25 bits per heavy atom. The van der Waals surface area contributed by atoms with Crippen molar-refractivity contribution in [2.45, 2.75) is 77.0 Å². The Morgan fingerprint density at radius 3 is 1.79 bits per heavy atom. The summed E-state index contributed by atoms with van der Waals surface area (Å²) in [5.74, 6) is -0.702. The monoisotopic (exact) mass is 360 g/mol. The third-order valence-corrected chi connectivity index (χ3v) is 4.59. The predicted molar refractivity (Wildman–Crippen MR) is 98.2 cm³/mol. The van der Waals surface area contributed by atoms with Gasteiger partial charge in [0.05, 0.1) is 0 Å². The van der Waals surface area contributed by atoms with E-state index in [0.29, 0.717) is 6.42 Å². The first-order chi connectivity index (χ1) is 11.4. The van der Waals surface area contributed by atoms with Crippen LogP contribution in [0.3, 0.4) is 0 Å². The highest BCUT2D eigenvalue weighted by molar-refractivity contribution is 7.51. The van der Waals surface area contributed by atoms with E-state index >= 15 is 0 Å². The van der Waals surface area contributed by atoms with Gasteiger partial charge in [-0.25, -0.2) is 0 Å². The van der Waals surface area contributed by atoms with Gasteiger partial charge in [-0.2, -0.15) is 0 Å². The molecule has 0 unspecified atom stereocenters. The van der Waals surface area contributed by atoms with Crippen LogP contribution in [-0.2, 0) is 9.36 Å². The normalized spacial score (nSPS) is 12.4. The number of aliphatic carboxylic acids is 1. The maximum absolute atomic E-state index is 10.7. The van der Waals surface area contributed by atoms with Crippen molar-refractivity contribution in [3.63, 3.8) is 0 Å². The Bertz CT molecular complexity index is 412. The Hall–Kier alpha value is -0.900. The molecule has 0 aliphatic heterocycles. The van der Waals surface area contributed by atoms with E-state index in [1.165, 1.54) is 0 Å². The van der Waals surface area contributed by atoms with Crippen LogP contribution in [0.2, 0.25) is 0 Å². The predicted octanol–water partition coefficient (Wildman–Crippen LogP) is 5.04. The molecule has 5 nitrogen and oxygen atoms in total. The molecule has 0 radical (unpaired) electrons. The number of hydrogen-bond acceptors (Lipinski definition) is 2. The summed E-state index contributed by atoms with van der Waals surface area (Å²) in [6.07, 6.45) is 19.5. The van der Waals surface area contributed by atoms with Crippen molar-refractivity contribution in [3.05, 3.63) is 24.3 Å². The average Bonchev–Trinajstić information content (AvgIpc) is 2.49. The zero-order valence-electron chi connectivity index (χ0n) is 14.6. The molecule has 0 bridgehead atoms. The van der Waals surface area contributed by atoms with Crippen LogP contribution in [0.5, 0.6) is 0 Å². The summed E-state index contributed by atoms with van der Waals surface area (Å²) >= 11 is 0. The van der Waals surface area contributed by atoms with E-state index in [9.17, 15) is 9.36 Å². The van der Waals surface area contributed by atoms with Crippen LogP contribution >= 0.6 is 7.60 Å². The number of carbonyl (C=O) groups is 1. The fourth-order valence-corrected chi connectivity index (χ4v) is 2.97. The highest BCUT2D eigenvalue weighted by atomic mass is 31.2. The minimum absolute atomic E-state index is 0.000981. The summed E-state index contributed by atoms with van der Waals surface area (Å²) in [6, 6.07) is 0. The van der Waals surface area contributed by atoms with Crippen LogP contribution in [0.15, 0.2) is 24.3 Å². The van der Waals surface area contributed by atoms with Gasteiger partial charge in [0.2, 0.25) is 0 Å². The molecule has 0 rings (SSSR count). The third kappa shape index (κ3) is 21.1. The first kappa shape index (κ1) is 23.1. The van der Waals surface area contributed by atoms with Crippen LogP contribution in [0.1, 0.15) is 77.0 Å². The van der Waals surface area contributed by atoms with Gasteiger partial charge in [-0.1, -0.05) is 50.0 Å². The zero-order valence-corrected chi connectivity index (χ0v) is 15.5. The van der Waals surface area contributed by atoms with Crippen molar-refractivity contribution in [2.24, 2.45) is 0 Å². The molecule has 3 N–H and O–H groups in total. The van der Waals surface area contributed by atoms with E-state index in [2.05, 4.69) is 24.3 Å². The highest BCUT2D eigenvalue weighted by Gasteiger charge is 2.10. The standard InChI is InChI=1S/C18H33O5P/c19-18(20)16-14-12-10-8-6-4-2-1-3-5-7-9-11-13-15-17-24(21,22)23/h1-2,5,7H,3-4,6,8-17H2,(H,19,20)(H2,21,22,23)/b2-1-,7-5-. The highest BCUT2D eigenvalue weighted by Crippen LogP contribution is 2.35. The topological polar surface area (TPSA) is 94.8 Å². The number of unbranched alkanes of at least 4 members (excludes halogenated alkanes) is 8. The zero-order chi connectivity index (χ0) is 18.1. The summed E-state index contributed by atoms with van der Waals surface area (Å²) in [5, 5.41) is 8.51. The summed E-state index contributed by atoms with van der Waals surface area (Å²) < 4.78 is 10.7. The number of hydrogen-bond donors (Lipinski definition) is 3. The molecule has 0 aromatic carbocycles. The molecule has 0 aliphatic rings. The molecule has 0 saturated carbocycles. The minimum atomic E-state index is -3.81. The van der Waals surface area contributed by atoms with Crippen LogP contribution < -0.4 is 0 Å². The molecule has 0 heterocycles. The molecule has 6 heteroatoms. The lowest BCUT2D eigenvalue weighted by atomic mass is 10.1. The van der Waals surface area contributed by atoms with Crippen LogP contribution in [0.25, 0.3) is 0 Å². The molecule has 24 heavy (non-hydrogen) atoms. The van der Waals surface area contributed by atoms with Crippen molar-refractivity contribution < 1.29 is 24.3 Å². The molecular weight excluding hydrogens is 327 g/mol. The molecule has 140 valence electrons. The molecule has 0 aromatic rings. The van der Waals surface area contributed by atoms with Gasteiger partial charge < -0.3 is 14.9 Å². The van der Waals surface area contributed by atoms with E-state index in [1.54, 1.807) is 0 Å². The number of carboxylic acids is 1. The van der Waals surface area contributed by atoms with Gasteiger partial charge in [0, 0.05) is 12.6 Å². The molecule has 0 amide bonds. The van der Waals surface area contributed by atoms with Gasteiger partial charge in [0.15, 0.2) is 0 Å². The largest absolute Gasteiger partial charge is 0.481 e. The van der Waals surface area contributed by atoms with Gasteiger partial charge >= 0.3 is 13.6 Å². The molecule has 0 aromatic heterocycles. The van der Waals surface area contributed by atoms with E-state index in [4.69, 9.17) is 14.9 Å². The second-order valence-corrected chi connectivity index (χ2v) is 7.89. The van der Waals surface area contributed by atoms with Crippen LogP contribution in [-0.4, -0.2) is 27.0 Å². The molecule has 0 spiro atoms. The maximum atomic E-state index is 10.7. The lowest BCUT2D eigenvalue weighted by molar-refractivity contribution is -0.137.